The van der Waals surface area contributed by atoms with Crippen molar-refractivity contribution in [2.45, 2.75) is 52.1 Å². The molecule has 1 atom stereocenters. The van der Waals surface area contributed by atoms with Gasteiger partial charge in [-0.2, -0.15) is 0 Å². The molecule has 16 heavy (non-hydrogen) atoms. The summed E-state index contributed by atoms with van der Waals surface area (Å²) >= 11 is 0. The van der Waals surface area contributed by atoms with Crippen LogP contribution < -0.4 is 5.32 Å². The van der Waals surface area contributed by atoms with E-state index in [1.165, 1.54) is 19.3 Å². The second-order valence-corrected chi connectivity index (χ2v) is 4.37. The van der Waals surface area contributed by atoms with E-state index in [4.69, 9.17) is 4.42 Å². The van der Waals surface area contributed by atoms with Gasteiger partial charge in [-0.3, -0.25) is 0 Å². The van der Waals surface area contributed by atoms with Crippen molar-refractivity contribution in [3.63, 3.8) is 0 Å². The average molecular weight is 221 g/mol. The molecule has 0 bridgehead atoms. The molecule has 90 valence electrons. The Kier molecular flexibility index (Phi) is 5.94. The van der Waals surface area contributed by atoms with E-state index in [1.807, 2.05) is 25.1 Å². The van der Waals surface area contributed by atoms with Crippen LogP contribution in [0.1, 0.15) is 44.1 Å². The molecule has 0 radical (unpaired) electrons. The summed E-state index contributed by atoms with van der Waals surface area (Å²) in [5.41, 5.74) is 0. The minimum Gasteiger partial charge on any atom is -0.465 e. The minimum absolute atomic E-state index is 0.551. The lowest BCUT2D eigenvalue weighted by atomic mass is 10.1. The van der Waals surface area contributed by atoms with E-state index >= 15 is 0 Å². The van der Waals surface area contributed by atoms with Gasteiger partial charge in [0.15, 0.2) is 0 Å². The predicted molar refractivity (Wildman–Crippen MR) is 68.4 cm³/mol. The van der Waals surface area contributed by atoms with Gasteiger partial charge in [-0.05, 0) is 45.2 Å². The van der Waals surface area contributed by atoms with Gasteiger partial charge in [0.1, 0.15) is 11.5 Å². The third-order valence-electron chi connectivity index (χ3n) is 2.72. The average Bonchev–Trinajstić information content (AvgIpc) is 2.68. The Morgan fingerprint density at radius 3 is 2.88 bits per heavy atom. The summed E-state index contributed by atoms with van der Waals surface area (Å²) in [6, 6.07) is 4.59. The van der Waals surface area contributed by atoms with Gasteiger partial charge in [0.25, 0.3) is 0 Å². The highest BCUT2D eigenvalue weighted by Gasteiger charge is 2.03. The van der Waals surface area contributed by atoms with Crippen molar-refractivity contribution in [1.82, 2.24) is 5.32 Å². The summed E-state index contributed by atoms with van der Waals surface area (Å²) in [4.78, 5) is 0. The van der Waals surface area contributed by atoms with Crippen molar-refractivity contribution in [2.75, 3.05) is 0 Å². The fraction of sp³-hybridized carbons (Fsp3) is 0.571. The summed E-state index contributed by atoms with van der Waals surface area (Å²) < 4.78 is 5.50. The van der Waals surface area contributed by atoms with Crippen LogP contribution in [-0.4, -0.2) is 6.04 Å². The van der Waals surface area contributed by atoms with Crippen LogP contribution in [0.3, 0.4) is 0 Å². The molecule has 0 spiro atoms. The number of hydrogen-bond acceptors (Lipinski definition) is 2. The van der Waals surface area contributed by atoms with Crippen LogP contribution in [0, 0.1) is 6.92 Å². The molecular formula is C14H23NO. The molecule has 1 aromatic rings. The van der Waals surface area contributed by atoms with E-state index in [1.54, 1.807) is 0 Å². The Hall–Kier alpha value is -1.02. The molecule has 1 aromatic heterocycles. The number of hydrogen-bond donors (Lipinski definition) is 1. The molecule has 1 N–H and O–H groups in total. The van der Waals surface area contributed by atoms with Gasteiger partial charge in [-0.1, -0.05) is 12.5 Å². The number of nitrogens with one attached hydrogen (secondary N) is 1. The monoisotopic (exact) mass is 221 g/mol. The molecule has 0 aliphatic heterocycles. The smallest absolute Gasteiger partial charge is 0.117 e. The summed E-state index contributed by atoms with van der Waals surface area (Å²) in [6.07, 6.45) is 6.84. The second-order valence-electron chi connectivity index (χ2n) is 4.37. The molecule has 0 aromatic carbocycles. The third kappa shape index (κ3) is 5.17. The van der Waals surface area contributed by atoms with Crippen LogP contribution in [-0.2, 0) is 6.54 Å². The van der Waals surface area contributed by atoms with Crippen molar-refractivity contribution in [3.8, 4) is 0 Å². The molecule has 1 heterocycles. The first-order chi connectivity index (χ1) is 7.72. The minimum atomic E-state index is 0.551. The third-order valence-corrected chi connectivity index (χ3v) is 2.72. The maximum absolute atomic E-state index is 5.50. The fourth-order valence-electron chi connectivity index (χ4n) is 1.70. The zero-order chi connectivity index (χ0) is 11.8. The summed E-state index contributed by atoms with van der Waals surface area (Å²) in [6.45, 7) is 8.76. The van der Waals surface area contributed by atoms with Crippen LogP contribution in [0.2, 0.25) is 0 Å². The van der Waals surface area contributed by atoms with Crippen LogP contribution in [0.5, 0.6) is 0 Å². The molecule has 0 fully saturated rings. The highest BCUT2D eigenvalue weighted by atomic mass is 16.3. The normalized spacial score (nSPS) is 12.6. The number of rotatable bonds is 8. The van der Waals surface area contributed by atoms with Gasteiger partial charge in [-0.25, -0.2) is 0 Å². The lowest BCUT2D eigenvalue weighted by Crippen LogP contribution is -2.25. The highest BCUT2D eigenvalue weighted by Crippen LogP contribution is 2.08. The summed E-state index contributed by atoms with van der Waals surface area (Å²) in [5, 5.41) is 3.47. The van der Waals surface area contributed by atoms with E-state index in [0.717, 1.165) is 24.5 Å². The summed E-state index contributed by atoms with van der Waals surface area (Å²) in [5.74, 6) is 2.01. The number of allylic oxidation sites excluding steroid dienone is 1. The van der Waals surface area contributed by atoms with Crippen LogP contribution in [0.4, 0.5) is 0 Å². The van der Waals surface area contributed by atoms with Gasteiger partial charge in [-0.15, -0.1) is 6.58 Å². The second kappa shape index (κ2) is 7.29. The van der Waals surface area contributed by atoms with Gasteiger partial charge in [0.05, 0.1) is 6.54 Å². The van der Waals surface area contributed by atoms with Gasteiger partial charge < -0.3 is 9.73 Å². The van der Waals surface area contributed by atoms with E-state index < -0.39 is 0 Å². The number of furan rings is 1. The topological polar surface area (TPSA) is 25.2 Å². The molecule has 0 aliphatic rings. The van der Waals surface area contributed by atoms with E-state index in [2.05, 4.69) is 18.8 Å². The summed E-state index contributed by atoms with van der Waals surface area (Å²) in [7, 11) is 0. The Bertz CT molecular complexity index is 303. The molecule has 1 rings (SSSR count). The number of unbranched alkanes of at least 4 members (excludes halogenated alkanes) is 2. The molecular weight excluding hydrogens is 198 g/mol. The quantitative estimate of drug-likeness (QED) is 0.533. The molecule has 2 nitrogen and oxygen atoms in total. The van der Waals surface area contributed by atoms with E-state index in [0.29, 0.717) is 6.04 Å². The SMILES string of the molecule is C=CCCCCC(C)NCc1ccc(C)o1. The first-order valence-corrected chi connectivity index (χ1v) is 6.12. The van der Waals surface area contributed by atoms with Crippen LogP contribution in [0.15, 0.2) is 29.2 Å². The maximum atomic E-state index is 5.50. The van der Waals surface area contributed by atoms with E-state index in [-0.39, 0.29) is 0 Å². The molecule has 0 amide bonds. The molecule has 1 unspecified atom stereocenters. The van der Waals surface area contributed by atoms with E-state index in [9.17, 15) is 0 Å². The van der Waals surface area contributed by atoms with Crippen molar-refractivity contribution in [3.05, 3.63) is 36.3 Å². The lowest BCUT2D eigenvalue weighted by Gasteiger charge is -2.12. The predicted octanol–water partition coefficient (Wildman–Crippen LogP) is 3.81. The maximum Gasteiger partial charge on any atom is 0.117 e. The van der Waals surface area contributed by atoms with Gasteiger partial charge in [0, 0.05) is 6.04 Å². The lowest BCUT2D eigenvalue weighted by molar-refractivity contribution is 0.425. The zero-order valence-electron chi connectivity index (χ0n) is 10.5. The molecule has 0 saturated carbocycles. The Balaban J connectivity index is 2.10. The molecule has 0 saturated heterocycles. The molecule has 2 heteroatoms. The highest BCUT2D eigenvalue weighted by molar-refractivity contribution is 5.05. The molecule has 0 aliphatic carbocycles. The van der Waals surface area contributed by atoms with Gasteiger partial charge >= 0.3 is 0 Å². The Labute approximate surface area is 98.7 Å². The number of aryl methyl sites for hydroxylation is 1. The standard InChI is InChI=1S/C14H23NO/c1-4-5-6-7-8-12(2)15-11-14-10-9-13(3)16-14/h4,9-10,12,15H,1,5-8,11H2,2-3H3. The zero-order valence-corrected chi connectivity index (χ0v) is 10.5. The Morgan fingerprint density at radius 2 is 2.25 bits per heavy atom. The Morgan fingerprint density at radius 1 is 1.44 bits per heavy atom. The van der Waals surface area contributed by atoms with Crippen molar-refractivity contribution < 1.29 is 4.42 Å². The van der Waals surface area contributed by atoms with Crippen molar-refractivity contribution in [2.24, 2.45) is 0 Å². The first kappa shape index (κ1) is 13.0. The fourth-order valence-corrected chi connectivity index (χ4v) is 1.70. The van der Waals surface area contributed by atoms with Crippen LogP contribution >= 0.6 is 0 Å². The first-order valence-electron chi connectivity index (χ1n) is 6.12. The van der Waals surface area contributed by atoms with Crippen LogP contribution in [0.25, 0.3) is 0 Å². The van der Waals surface area contributed by atoms with Gasteiger partial charge in [0.2, 0.25) is 0 Å². The van der Waals surface area contributed by atoms with Crippen molar-refractivity contribution in [1.29, 1.82) is 0 Å². The largest absolute Gasteiger partial charge is 0.465 e. The van der Waals surface area contributed by atoms with Crippen molar-refractivity contribution >= 4 is 0 Å².